The fourth-order valence-corrected chi connectivity index (χ4v) is 4.55. The van der Waals surface area contributed by atoms with Crippen molar-refractivity contribution in [3.63, 3.8) is 0 Å². The summed E-state index contributed by atoms with van der Waals surface area (Å²) >= 11 is 3.07. The summed E-state index contributed by atoms with van der Waals surface area (Å²) in [6.45, 7) is 2.56. The molecular weight excluding hydrogens is 421 g/mol. The average Bonchev–Trinajstić information content (AvgIpc) is 2.54. The molecule has 1 rings (SSSR count). The molecule has 142 valence electrons. The maximum absolute atomic E-state index is 14.8. The molecule has 0 heterocycles. The van der Waals surface area contributed by atoms with E-state index in [2.05, 4.69) is 21.2 Å². The van der Waals surface area contributed by atoms with Gasteiger partial charge in [0.2, 0.25) is 5.91 Å². The third-order valence-electron chi connectivity index (χ3n) is 3.34. The van der Waals surface area contributed by atoms with Crippen LogP contribution in [0, 0.1) is 0 Å². The number of likely N-dealkylation sites (N-methyl/N-ethyl adjacent to an activating group) is 1. The van der Waals surface area contributed by atoms with Crippen LogP contribution in [0.4, 0.5) is 8.78 Å². The van der Waals surface area contributed by atoms with E-state index in [0.717, 1.165) is 6.07 Å². The first-order valence-corrected chi connectivity index (χ1v) is 9.99. The molecule has 25 heavy (non-hydrogen) atoms. The van der Waals surface area contributed by atoms with E-state index in [1.165, 1.54) is 33.0 Å². The van der Waals surface area contributed by atoms with E-state index in [0.29, 0.717) is 5.56 Å². The van der Waals surface area contributed by atoms with E-state index in [4.69, 9.17) is 14.8 Å². The highest BCUT2D eigenvalue weighted by Gasteiger charge is 2.55. The van der Waals surface area contributed by atoms with Gasteiger partial charge in [-0.05, 0) is 31.9 Å². The Balaban J connectivity index is 3.17. The Bertz CT molecular complexity index is 650. The van der Waals surface area contributed by atoms with Crippen LogP contribution in [0.5, 0.6) is 0 Å². The molecule has 0 fully saturated rings. The summed E-state index contributed by atoms with van der Waals surface area (Å²) in [5.41, 5.74) is 1.94. The zero-order valence-electron chi connectivity index (χ0n) is 14.2. The Morgan fingerprint density at radius 1 is 1.36 bits per heavy atom. The smallest absolute Gasteiger partial charge is 0.358 e. The quantitative estimate of drug-likeness (QED) is 0.572. The molecule has 1 amide bonds. The number of rotatable bonds is 9. The highest BCUT2D eigenvalue weighted by atomic mass is 79.9. The summed E-state index contributed by atoms with van der Waals surface area (Å²) in [7, 11) is -3.23. The first-order valence-electron chi connectivity index (χ1n) is 7.66. The molecule has 0 saturated carbocycles. The van der Waals surface area contributed by atoms with Gasteiger partial charge in [0.1, 0.15) is 0 Å². The lowest BCUT2D eigenvalue weighted by Gasteiger charge is -2.27. The van der Waals surface area contributed by atoms with Crippen LogP contribution in [-0.2, 0) is 30.5 Å². The number of nitrogens with two attached hydrogens (primary N) is 1. The molecule has 0 saturated heterocycles. The minimum absolute atomic E-state index is 0.0266. The van der Waals surface area contributed by atoms with E-state index >= 15 is 0 Å². The molecule has 0 unspecified atom stereocenters. The zero-order chi connectivity index (χ0) is 19.3. The molecular formula is C15H22BrF2N2O4P. The Morgan fingerprint density at radius 2 is 1.92 bits per heavy atom. The SMILES string of the molecule is CCOP(=O)(OCC)C(F)(F)c1ccc(C[C@H](N)C(=O)NC)cc1Br. The van der Waals surface area contributed by atoms with Crippen molar-refractivity contribution in [2.45, 2.75) is 32.0 Å². The summed E-state index contributed by atoms with van der Waals surface area (Å²) in [5, 5.41) is 2.42. The lowest BCUT2D eigenvalue weighted by molar-refractivity contribution is -0.121. The van der Waals surface area contributed by atoms with Crippen LogP contribution in [0.1, 0.15) is 25.0 Å². The van der Waals surface area contributed by atoms with E-state index < -0.39 is 24.9 Å². The normalized spacial score (nSPS) is 13.6. The molecule has 0 aliphatic carbocycles. The second-order valence-electron chi connectivity index (χ2n) is 5.11. The van der Waals surface area contributed by atoms with Gasteiger partial charge in [-0.2, -0.15) is 8.78 Å². The van der Waals surface area contributed by atoms with Crippen LogP contribution in [-0.4, -0.2) is 32.2 Å². The molecule has 0 aliphatic rings. The Labute approximate surface area is 154 Å². The van der Waals surface area contributed by atoms with Crippen molar-refractivity contribution in [2.24, 2.45) is 5.73 Å². The highest BCUT2D eigenvalue weighted by Crippen LogP contribution is 2.67. The second kappa shape index (κ2) is 9.19. The fraction of sp³-hybridized carbons (Fsp3) is 0.533. The number of amides is 1. The molecule has 0 radical (unpaired) electrons. The highest BCUT2D eigenvalue weighted by molar-refractivity contribution is 9.10. The van der Waals surface area contributed by atoms with Crippen molar-refractivity contribution in [2.75, 3.05) is 20.3 Å². The molecule has 0 bridgehead atoms. The summed E-state index contributed by atoms with van der Waals surface area (Å²) < 4.78 is 51.6. The van der Waals surface area contributed by atoms with Gasteiger partial charge in [-0.3, -0.25) is 9.36 Å². The van der Waals surface area contributed by atoms with E-state index in [9.17, 15) is 18.1 Å². The van der Waals surface area contributed by atoms with Crippen LogP contribution in [0.3, 0.4) is 0 Å². The van der Waals surface area contributed by atoms with Crippen LogP contribution >= 0.6 is 23.5 Å². The number of nitrogens with one attached hydrogen (secondary N) is 1. The Kier molecular flexibility index (Phi) is 8.15. The van der Waals surface area contributed by atoms with Crippen LogP contribution in [0.15, 0.2) is 22.7 Å². The maximum atomic E-state index is 14.8. The van der Waals surface area contributed by atoms with E-state index in [1.807, 2.05) is 0 Å². The van der Waals surface area contributed by atoms with Crippen molar-refractivity contribution in [1.29, 1.82) is 0 Å². The number of carbonyl (C=O) groups excluding carboxylic acids is 1. The topological polar surface area (TPSA) is 90.7 Å². The van der Waals surface area contributed by atoms with Crippen molar-refractivity contribution < 1.29 is 27.2 Å². The predicted molar refractivity (Wildman–Crippen MR) is 94.6 cm³/mol. The Morgan fingerprint density at radius 3 is 2.36 bits per heavy atom. The number of benzene rings is 1. The lowest BCUT2D eigenvalue weighted by atomic mass is 10.0. The molecule has 0 aromatic heterocycles. The minimum atomic E-state index is -4.69. The average molecular weight is 443 g/mol. The van der Waals surface area contributed by atoms with E-state index in [-0.39, 0.29) is 30.0 Å². The van der Waals surface area contributed by atoms with Gasteiger partial charge in [0, 0.05) is 17.1 Å². The monoisotopic (exact) mass is 442 g/mol. The van der Waals surface area contributed by atoms with Gasteiger partial charge in [0.05, 0.1) is 19.3 Å². The van der Waals surface area contributed by atoms with Crippen LogP contribution < -0.4 is 11.1 Å². The molecule has 1 aromatic rings. The third kappa shape index (κ3) is 5.08. The standard InChI is InChI=1S/C15H22BrF2N2O4P/c1-4-23-25(22,24-5-2)15(17,18)11-7-6-10(8-12(11)16)9-13(19)14(21)20-3/h6-8,13H,4-5,9,19H2,1-3H3,(H,20,21)/t13-/m0/s1. The molecule has 0 spiro atoms. The molecule has 10 heteroatoms. The third-order valence-corrected chi connectivity index (χ3v) is 6.12. The first kappa shape index (κ1) is 22.2. The van der Waals surface area contributed by atoms with Gasteiger partial charge in [0.25, 0.3) is 0 Å². The minimum Gasteiger partial charge on any atom is -0.358 e. The molecule has 6 nitrogen and oxygen atoms in total. The van der Waals surface area contributed by atoms with Crippen molar-refractivity contribution >= 4 is 29.4 Å². The fourth-order valence-electron chi connectivity index (χ4n) is 2.15. The molecule has 0 aliphatic heterocycles. The van der Waals surface area contributed by atoms with Gasteiger partial charge in [-0.15, -0.1) is 0 Å². The molecule has 3 N–H and O–H groups in total. The number of carbonyl (C=O) groups is 1. The van der Waals surface area contributed by atoms with Gasteiger partial charge in [0.15, 0.2) is 0 Å². The number of hydrogen-bond donors (Lipinski definition) is 2. The molecule has 1 atom stereocenters. The van der Waals surface area contributed by atoms with Gasteiger partial charge in [-0.25, -0.2) is 0 Å². The largest absolute Gasteiger partial charge is 0.404 e. The number of halogens is 3. The first-order chi connectivity index (χ1) is 11.6. The van der Waals surface area contributed by atoms with Gasteiger partial charge >= 0.3 is 13.3 Å². The zero-order valence-corrected chi connectivity index (χ0v) is 16.7. The summed E-state index contributed by atoms with van der Waals surface area (Å²) in [4.78, 5) is 11.5. The van der Waals surface area contributed by atoms with Crippen molar-refractivity contribution in [1.82, 2.24) is 5.32 Å². The number of alkyl halides is 2. The summed E-state index contributed by atoms with van der Waals surface area (Å²) in [5.74, 6) is -0.359. The summed E-state index contributed by atoms with van der Waals surface area (Å²) in [6.07, 6.45) is 0.165. The van der Waals surface area contributed by atoms with Crippen LogP contribution in [0.25, 0.3) is 0 Å². The Hall–Kier alpha value is -0.860. The van der Waals surface area contributed by atoms with Gasteiger partial charge in [-0.1, -0.05) is 28.1 Å². The van der Waals surface area contributed by atoms with Crippen molar-refractivity contribution in [3.8, 4) is 0 Å². The van der Waals surface area contributed by atoms with Crippen LogP contribution in [0.2, 0.25) is 0 Å². The van der Waals surface area contributed by atoms with Crippen molar-refractivity contribution in [3.05, 3.63) is 33.8 Å². The predicted octanol–water partition coefficient (Wildman–Crippen LogP) is 3.38. The second-order valence-corrected chi connectivity index (χ2v) is 8.04. The number of hydrogen-bond acceptors (Lipinski definition) is 5. The maximum Gasteiger partial charge on any atom is 0.404 e. The van der Waals surface area contributed by atoms with E-state index in [1.54, 1.807) is 0 Å². The lowest BCUT2D eigenvalue weighted by Crippen LogP contribution is -2.40. The summed E-state index contributed by atoms with van der Waals surface area (Å²) in [6, 6.07) is 3.13. The molecule has 1 aromatic carbocycles. The van der Waals surface area contributed by atoms with Gasteiger partial charge < -0.3 is 20.1 Å².